The van der Waals surface area contributed by atoms with Gasteiger partial charge in [-0.25, -0.2) is 0 Å². The lowest BCUT2D eigenvalue weighted by atomic mass is 10.0. The Morgan fingerprint density at radius 2 is 2.18 bits per heavy atom. The Labute approximate surface area is 102 Å². The van der Waals surface area contributed by atoms with E-state index in [-0.39, 0.29) is 18.6 Å². The van der Waals surface area contributed by atoms with E-state index in [1.807, 2.05) is 32.9 Å². The summed E-state index contributed by atoms with van der Waals surface area (Å²) in [6, 6.07) is 5.56. The summed E-state index contributed by atoms with van der Waals surface area (Å²) in [5.74, 6) is 5.23. The molecule has 3 heteroatoms. The third kappa shape index (κ3) is 3.93. The number of hydrogen-bond donors (Lipinski definition) is 2. The van der Waals surface area contributed by atoms with E-state index >= 15 is 0 Å². The second-order valence-corrected chi connectivity index (χ2v) is 4.14. The van der Waals surface area contributed by atoms with Gasteiger partial charge in [0.1, 0.15) is 6.61 Å². The maximum absolute atomic E-state index is 11.9. The first-order valence-electron chi connectivity index (χ1n) is 5.56. The van der Waals surface area contributed by atoms with Crippen molar-refractivity contribution in [1.29, 1.82) is 0 Å². The smallest absolute Gasteiger partial charge is 0.252 e. The van der Waals surface area contributed by atoms with E-state index in [9.17, 15) is 4.79 Å². The van der Waals surface area contributed by atoms with E-state index in [1.165, 1.54) is 0 Å². The van der Waals surface area contributed by atoms with Crippen LogP contribution in [0.2, 0.25) is 0 Å². The van der Waals surface area contributed by atoms with Gasteiger partial charge in [-0.2, -0.15) is 0 Å². The van der Waals surface area contributed by atoms with Crippen LogP contribution in [0.5, 0.6) is 0 Å². The standard InChI is InChI=1S/C14H17NO2/c1-10(2)15-14(17)13-7-6-11(3)9-12(13)5-4-8-16/h6-7,9-10,16H,8H2,1-3H3,(H,15,17). The second kappa shape index (κ2) is 6.07. The maximum atomic E-state index is 11.9. The maximum Gasteiger partial charge on any atom is 0.252 e. The largest absolute Gasteiger partial charge is 0.384 e. The molecule has 0 unspecified atom stereocenters. The molecule has 1 rings (SSSR count). The molecule has 0 fully saturated rings. The van der Waals surface area contributed by atoms with Crippen molar-refractivity contribution in [3.8, 4) is 11.8 Å². The molecule has 0 saturated carbocycles. The monoisotopic (exact) mass is 231 g/mol. The van der Waals surface area contributed by atoms with Crippen molar-refractivity contribution >= 4 is 5.91 Å². The van der Waals surface area contributed by atoms with Crippen LogP contribution in [0.25, 0.3) is 0 Å². The van der Waals surface area contributed by atoms with Gasteiger partial charge < -0.3 is 10.4 Å². The van der Waals surface area contributed by atoms with Crippen LogP contribution in [-0.2, 0) is 0 Å². The number of aryl methyl sites for hydroxylation is 1. The van der Waals surface area contributed by atoms with Crippen molar-refractivity contribution in [1.82, 2.24) is 5.32 Å². The molecule has 0 saturated heterocycles. The summed E-state index contributed by atoms with van der Waals surface area (Å²) in [7, 11) is 0. The van der Waals surface area contributed by atoms with Gasteiger partial charge in [-0.3, -0.25) is 4.79 Å². The van der Waals surface area contributed by atoms with Gasteiger partial charge in [0.25, 0.3) is 5.91 Å². The van der Waals surface area contributed by atoms with Crippen molar-refractivity contribution in [3.63, 3.8) is 0 Å². The minimum absolute atomic E-state index is 0.0856. The van der Waals surface area contributed by atoms with Crippen LogP contribution in [0.3, 0.4) is 0 Å². The van der Waals surface area contributed by atoms with Crippen molar-refractivity contribution < 1.29 is 9.90 Å². The molecule has 0 heterocycles. The Morgan fingerprint density at radius 3 is 2.76 bits per heavy atom. The van der Waals surface area contributed by atoms with Crippen LogP contribution in [0.4, 0.5) is 0 Å². The van der Waals surface area contributed by atoms with Crippen LogP contribution < -0.4 is 5.32 Å². The molecule has 0 aliphatic carbocycles. The average Bonchev–Trinajstić information content (AvgIpc) is 2.25. The minimum Gasteiger partial charge on any atom is -0.384 e. The highest BCUT2D eigenvalue weighted by Gasteiger charge is 2.10. The Bertz CT molecular complexity index is 467. The fourth-order valence-electron chi connectivity index (χ4n) is 1.43. The molecule has 90 valence electrons. The predicted octanol–water partition coefficient (Wildman–Crippen LogP) is 1.48. The van der Waals surface area contributed by atoms with Crippen molar-refractivity contribution in [2.75, 3.05) is 6.61 Å². The lowest BCUT2D eigenvalue weighted by Gasteiger charge is -2.10. The topological polar surface area (TPSA) is 49.3 Å². The van der Waals surface area contributed by atoms with Crippen LogP contribution in [0, 0.1) is 18.8 Å². The molecule has 0 spiro atoms. The van der Waals surface area contributed by atoms with E-state index in [2.05, 4.69) is 17.2 Å². The lowest BCUT2D eigenvalue weighted by Crippen LogP contribution is -2.30. The molecule has 0 aliphatic heterocycles. The molecule has 17 heavy (non-hydrogen) atoms. The third-order valence-corrected chi connectivity index (χ3v) is 2.14. The summed E-state index contributed by atoms with van der Waals surface area (Å²) < 4.78 is 0. The van der Waals surface area contributed by atoms with Gasteiger partial charge in [0.15, 0.2) is 0 Å². The number of aliphatic hydroxyl groups is 1. The van der Waals surface area contributed by atoms with Gasteiger partial charge in [-0.05, 0) is 38.5 Å². The van der Waals surface area contributed by atoms with E-state index in [0.29, 0.717) is 11.1 Å². The van der Waals surface area contributed by atoms with Gasteiger partial charge in [-0.15, -0.1) is 0 Å². The summed E-state index contributed by atoms with van der Waals surface area (Å²) in [4.78, 5) is 11.9. The molecule has 1 amide bonds. The number of hydrogen-bond acceptors (Lipinski definition) is 2. The highest BCUT2D eigenvalue weighted by atomic mass is 16.2. The molecule has 0 radical (unpaired) electrons. The summed E-state index contributed by atoms with van der Waals surface area (Å²) >= 11 is 0. The van der Waals surface area contributed by atoms with Crippen molar-refractivity contribution in [2.24, 2.45) is 0 Å². The van der Waals surface area contributed by atoms with Gasteiger partial charge in [0.2, 0.25) is 0 Å². The normalized spacial score (nSPS) is 9.71. The number of carbonyl (C=O) groups excluding carboxylic acids is 1. The van der Waals surface area contributed by atoms with Crippen LogP contribution in [-0.4, -0.2) is 23.7 Å². The zero-order chi connectivity index (χ0) is 12.8. The lowest BCUT2D eigenvalue weighted by molar-refractivity contribution is 0.0943. The van der Waals surface area contributed by atoms with Gasteiger partial charge in [0, 0.05) is 11.6 Å². The third-order valence-electron chi connectivity index (χ3n) is 2.14. The molecule has 1 aromatic carbocycles. The molecule has 1 aromatic rings. The van der Waals surface area contributed by atoms with Crippen molar-refractivity contribution in [2.45, 2.75) is 26.8 Å². The van der Waals surface area contributed by atoms with Crippen LogP contribution >= 0.6 is 0 Å². The van der Waals surface area contributed by atoms with E-state index in [0.717, 1.165) is 5.56 Å². The Kier molecular flexibility index (Phi) is 4.74. The molecule has 0 atom stereocenters. The Hall–Kier alpha value is -1.79. The first-order chi connectivity index (χ1) is 8.04. The summed E-state index contributed by atoms with van der Waals surface area (Å²) in [5.41, 5.74) is 2.23. The second-order valence-electron chi connectivity index (χ2n) is 4.14. The zero-order valence-corrected chi connectivity index (χ0v) is 10.4. The molecule has 0 bridgehead atoms. The van der Waals surface area contributed by atoms with Gasteiger partial charge in [-0.1, -0.05) is 17.9 Å². The number of carbonyl (C=O) groups is 1. The number of benzene rings is 1. The first-order valence-corrected chi connectivity index (χ1v) is 5.56. The van der Waals surface area contributed by atoms with E-state index in [1.54, 1.807) is 6.07 Å². The van der Waals surface area contributed by atoms with Crippen molar-refractivity contribution in [3.05, 3.63) is 34.9 Å². The molecule has 2 N–H and O–H groups in total. The zero-order valence-electron chi connectivity index (χ0n) is 10.4. The number of amides is 1. The quantitative estimate of drug-likeness (QED) is 0.757. The number of rotatable bonds is 2. The SMILES string of the molecule is Cc1ccc(C(=O)NC(C)C)c(C#CCO)c1. The Balaban J connectivity index is 3.09. The molecular formula is C14H17NO2. The van der Waals surface area contributed by atoms with Gasteiger partial charge >= 0.3 is 0 Å². The fourth-order valence-corrected chi connectivity index (χ4v) is 1.43. The summed E-state index contributed by atoms with van der Waals surface area (Å²) in [5, 5.41) is 11.5. The van der Waals surface area contributed by atoms with Crippen LogP contribution in [0.15, 0.2) is 18.2 Å². The number of nitrogens with one attached hydrogen (secondary N) is 1. The first kappa shape index (κ1) is 13.3. The molecule has 3 nitrogen and oxygen atoms in total. The summed E-state index contributed by atoms with van der Waals surface area (Å²) in [6.45, 7) is 5.55. The van der Waals surface area contributed by atoms with E-state index < -0.39 is 0 Å². The molecular weight excluding hydrogens is 214 g/mol. The highest BCUT2D eigenvalue weighted by molar-refractivity contribution is 5.97. The van der Waals surface area contributed by atoms with Crippen LogP contribution in [0.1, 0.15) is 35.3 Å². The Morgan fingerprint density at radius 1 is 1.47 bits per heavy atom. The van der Waals surface area contributed by atoms with E-state index in [4.69, 9.17) is 5.11 Å². The van der Waals surface area contributed by atoms with Gasteiger partial charge in [0.05, 0.1) is 5.56 Å². The predicted molar refractivity (Wildman–Crippen MR) is 67.7 cm³/mol. The fraction of sp³-hybridized carbons (Fsp3) is 0.357. The molecule has 0 aliphatic rings. The molecule has 0 aromatic heterocycles. The minimum atomic E-state index is -0.209. The average molecular weight is 231 g/mol. The highest BCUT2D eigenvalue weighted by Crippen LogP contribution is 2.11. The summed E-state index contributed by atoms with van der Waals surface area (Å²) in [6.07, 6.45) is 0. The number of aliphatic hydroxyl groups excluding tert-OH is 1.